The third kappa shape index (κ3) is 3.99. The van der Waals surface area contributed by atoms with Gasteiger partial charge in [-0.1, -0.05) is 12.1 Å². The first-order chi connectivity index (χ1) is 12.6. The molecule has 0 aliphatic carbocycles. The number of nitrogens with zero attached hydrogens (tertiary/aromatic N) is 1. The third-order valence-electron chi connectivity index (χ3n) is 4.18. The van der Waals surface area contributed by atoms with Crippen molar-refractivity contribution in [3.63, 3.8) is 0 Å². The van der Waals surface area contributed by atoms with Crippen LogP contribution in [0.15, 0.2) is 47.5 Å². The molecule has 1 aromatic heterocycles. The fourth-order valence-corrected chi connectivity index (χ4v) is 3.82. The molecule has 4 nitrogen and oxygen atoms in total. The maximum atomic E-state index is 10.6. The zero-order valence-electron chi connectivity index (χ0n) is 15.3. The normalized spacial score (nSPS) is 11.7. The second-order valence-electron chi connectivity index (χ2n) is 5.94. The molecule has 26 heavy (non-hydrogen) atoms. The summed E-state index contributed by atoms with van der Waals surface area (Å²) in [6, 6.07) is 13.8. The summed E-state index contributed by atoms with van der Waals surface area (Å²) in [5.41, 5.74) is 2.07. The Morgan fingerprint density at radius 2 is 1.85 bits per heavy atom. The maximum absolute atomic E-state index is 10.6. The van der Waals surface area contributed by atoms with E-state index in [9.17, 15) is 5.11 Å². The van der Waals surface area contributed by atoms with Gasteiger partial charge in [-0.2, -0.15) is 0 Å². The molecular weight excluding hydrogens is 346 g/mol. The number of aromatic hydroxyl groups is 1. The number of rotatable bonds is 7. The molecule has 3 aromatic rings. The summed E-state index contributed by atoms with van der Waals surface area (Å²) in [6.07, 6.45) is 0.849. The highest BCUT2D eigenvalue weighted by atomic mass is 32.1. The Bertz CT molecular complexity index is 913. The van der Waals surface area contributed by atoms with E-state index in [1.165, 1.54) is 5.56 Å². The van der Waals surface area contributed by atoms with Gasteiger partial charge >= 0.3 is 0 Å². The second kappa shape index (κ2) is 8.23. The first-order valence-electron chi connectivity index (χ1n) is 8.65. The minimum atomic E-state index is 0.289. The summed E-state index contributed by atoms with van der Waals surface area (Å²) >= 11 is 1.56. The molecule has 0 aliphatic rings. The van der Waals surface area contributed by atoms with Crippen LogP contribution in [-0.4, -0.2) is 31.1 Å². The van der Waals surface area contributed by atoms with E-state index in [4.69, 9.17) is 9.47 Å². The Labute approximate surface area is 157 Å². The fourth-order valence-electron chi connectivity index (χ4n) is 2.78. The van der Waals surface area contributed by atoms with E-state index in [-0.39, 0.29) is 5.75 Å². The minimum absolute atomic E-state index is 0.289. The standard InChI is InChI=1S/C21H23NO3S/c1-4-25-17-9-10-19-18(13-17)20(23)21(26-19)14(2)22-12-11-15-5-7-16(24-3)8-6-15/h5-10,13,23H,4,11-12H2,1-3H3. The van der Waals surface area contributed by atoms with Gasteiger partial charge in [0.1, 0.15) is 17.2 Å². The number of hydrogen-bond acceptors (Lipinski definition) is 5. The van der Waals surface area contributed by atoms with Crippen LogP contribution in [0.4, 0.5) is 0 Å². The second-order valence-corrected chi connectivity index (χ2v) is 6.99. The Balaban J connectivity index is 1.74. The molecule has 0 bridgehead atoms. The largest absolute Gasteiger partial charge is 0.506 e. The van der Waals surface area contributed by atoms with Gasteiger partial charge in [-0.05, 0) is 56.2 Å². The molecule has 0 saturated heterocycles. The highest BCUT2D eigenvalue weighted by Crippen LogP contribution is 2.39. The predicted octanol–water partition coefficient (Wildman–Crippen LogP) is 5.07. The SMILES string of the molecule is CCOc1ccc2sc(C(C)=NCCc3ccc(OC)cc3)c(O)c2c1. The van der Waals surface area contributed by atoms with E-state index in [0.29, 0.717) is 13.2 Å². The highest BCUT2D eigenvalue weighted by molar-refractivity contribution is 7.21. The van der Waals surface area contributed by atoms with E-state index < -0.39 is 0 Å². The zero-order valence-corrected chi connectivity index (χ0v) is 16.1. The average molecular weight is 369 g/mol. The zero-order chi connectivity index (χ0) is 18.5. The molecule has 0 amide bonds. The summed E-state index contributed by atoms with van der Waals surface area (Å²) in [4.78, 5) is 5.47. The molecule has 0 saturated carbocycles. The number of hydrogen-bond donors (Lipinski definition) is 1. The number of fused-ring (bicyclic) bond motifs is 1. The number of methoxy groups -OCH3 is 1. The van der Waals surface area contributed by atoms with Crippen LogP contribution >= 0.6 is 11.3 Å². The predicted molar refractivity (Wildman–Crippen MR) is 108 cm³/mol. The molecule has 0 unspecified atom stereocenters. The molecule has 0 fully saturated rings. The first-order valence-corrected chi connectivity index (χ1v) is 9.46. The van der Waals surface area contributed by atoms with Crippen LogP contribution in [0.3, 0.4) is 0 Å². The van der Waals surface area contributed by atoms with Gasteiger partial charge in [0.2, 0.25) is 0 Å². The highest BCUT2D eigenvalue weighted by Gasteiger charge is 2.14. The topological polar surface area (TPSA) is 51.0 Å². The van der Waals surface area contributed by atoms with Crippen molar-refractivity contribution in [3.05, 3.63) is 52.9 Å². The molecule has 3 rings (SSSR count). The smallest absolute Gasteiger partial charge is 0.143 e. The van der Waals surface area contributed by atoms with Gasteiger partial charge < -0.3 is 14.6 Å². The van der Waals surface area contributed by atoms with Gasteiger partial charge in [0.05, 0.1) is 24.3 Å². The van der Waals surface area contributed by atoms with Crippen molar-refractivity contribution in [1.29, 1.82) is 0 Å². The number of ether oxygens (including phenoxy) is 2. The summed E-state index contributed by atoms with van der Waals surface area (Å²) in [7, 11) is 1.66. The molecule has 1 N–H and O–H groups in total. The van der Waals surface area contributed by atoms with Crippen molar-refractivity contribution >= 4 is 27.1 Å². The Kier molecular flexibility index (Phi) is 5.78. The lowest BCUT2D eigenvalue weighted by atomic mass is 10.1. The van der Waals surface area contributed by atoms with Crippen LogP contribution in [0, 0.1) is 0 Å². The van der Waals surface area contributed by atoms with Gasteiger partial charge in [0.15, 0.2) is 0 Å². The number of aliphatic imine (C=N–C) groups is 1. The molecule has 0 radical (unpaired) electrons. The summed E-state index contributed by atoms with van der Waals surface area (Å²) < 4.78 is 11.7. The maximum Gasteiger partial charge on any atom is 0.143 e. The van der Waals surface area contributed by atoms with E-state index in [0.717, 1.165) is 38.6 Å². The van der Waals surface area contributed by atoms with Crippen LogP contribution in [0.1, 0.15) is 24.3 Å². The third-order valence-corrected chi connectivity index (χ3v) is 5.45. The van der Waals surface area contributed by atoms with Crippen LogP contribution < -0.4 is 9.47 Å². The molecule has 136 valence electrons. The lowest BCUT2D eigenvalue weighted by Crippen LogP contribution is -1.96. The van der Waals surface area contributed by atoms with E-state index in [1.807, 2.05) is 44.2 Å². The van der Waals surface area contributed by atoms with E-state index in [1.54, 1.807) is 18.4 Å². The van der Waals surface area contributed by atoms with Crippen molar-refractivity contribution in [2.45, 2.75) is 20.3 Å². The lowest BCUT2D eigenvalue weighted by molar-refractivity contribution is 0.340. The monoisotopic (exact) mass is 369 g/mol. The number of benzene rings is 2. The van der Waals surface area contributed by atoms with Crippen LogP contribution in [0.2, 0.25) is 0 Å². The fraction of sp³-hybridized carbons (Fsp3) is 0.286. The van der Waals surface area contributed by atoms with Crippen molar-refractivity contribution in [2.24, 2.45) is 4.99 Å². The van der Waals surface area contributed by atoms with Gasteiger partial charge in [-0.25, -0.2) is 0 Å². The molecule has 0 aliphatic heterocycles. The molecular formula is C21H23NO3S. The van der Waals surface area contributed by atoms with Crippen molar-refractivity contribution in [3.8, 4) is 17.2 Å². The van der Waals surface area contributed by atoms with E-state index >= 15 is 0 Å². The van der Waals surface area contributed by atoms with Gasteiger partial charge in [0, 0.05) is 16.6 Å². The average Bonchev–Trinajstić information content (AvgIpc) is 2.99. The summed E-state index contributed by atoms with van der Waals surface area (Å²) in [5.74, 6) is 1.92. The Morgan fingerprint density at radius 3 is 2.54 bits per heavy atom. The molecule has 1 heterocycles. The van der Waals surface area contributed by atoms with Crippen LogP contribution in [-0.2, 0) is 6.42 Å². The van der Waals surface area contributed by atoms with Gasteiger partial charge in [-0.15, -0.1) is 11.3 Å². The Morgan fingerprint density at radius 1 is 1.12 bits per heavy atom. The van der Waals surface area contributed by atoms with Gasteiger partial charge in [-0.3, -0.25) is 4.99 Å². The Hall–Kier alpha value is -2.53. The molecule has 5 heteroatoms. The van der Waals surface area contributed by atoms with Crippen molar-refractivity contribution in [2.75, 3.05) is 20.3 Å². The molecule has 0 spiro atoms. The minimum Gasteiger partial charge on any atom is -0.506 e. The quantitative estimate of drug-likeness (QED) is 0.592. The van der Waals surface area contributed by atoms with E-state index in [2.05, 4.69) is 17.1 Å². The lowest BCUT2D eigenvalue weighted by Gasteiger charge is -2.03. The van der Waals surface area contributed by atoms with Crippen LogP contribution in [0.5, 0.6) is 17.2 Å². The van der Waals surface area contributed by atoms with Gasteiger partial charge in [0.25, 0.3) is 0 Å². The first kappa shape index (κ1) is 18.3. The summed E-state index contributed by atoms with van der Waals surface area (Å²) in [6.45, 7) is 5.18. The summed E-state index contributed by atoms with van der Waals surface area (Å²) in [5, 5.41) is 11.4. The molecule has 2 aromatic carbocycles. The van der Waals surface area contributed by atoms with Crippen LogP contribution in [0.25, 0.3) is 10.1 Å². The number of thiophene rings is 1. The van der Waals surface area contributed by atoms with Crippen molar-refractivity contribution in [1.82, 2.24) is 0 Å². The molecule has 0 atom stereocenters. The van der Waals surface area contributed by atoms with Crippen molar-refractivity contribution < 1.29 is 14.6 Å².